The van der Waals surface area contributed by atoms with E-state index >= 15 is 0 Å². The van der Waals surface area contributed by atoms with Gasteiger partial charge < -0.3 is 15.2 Å². The van der Waals surface area contributed by atoms with E-state index in [1.807, 2.05) is 57.8 Å². The molecule has 4 rings (SSSR count). The van der Waals surface area contributed by atoms with Gasteiger partial charge in [0.1, 0.15) is 5.69 Å². The Kier molecular flexibility index (Phi) is 12.3. The minimum absolute atomic E-state index is 0. The van der Waals surface area contributed by atoms with Crippen molar-refractivity contribution in [3.05, 3.63) is 116 Å². The third-order valence-electron chi connectivity index (χ3n) is 4.46. The summed E-state index contributed by atoms with van der Waals surface area (Å²) in [6, 6.07) is 8.59. The minimum atomic E-state index is -1.05. The molecule has 6 nitrogen and oxygen atoms in total. The van der Waals surface area contributed by atoms with E-state index in [2.05, 4.69) is 10.4 Å². The molecule has 0 unspecified atom stereocenters. The molecule has 2 aromatic rings. The number of hydrogen-bond donors (Lipinski definition) is 0. The molecule has 172 valence electrons. The molecule has 1 atom stereocenters. The first-order valence-corrected chi connectivity index (χ1v) is 10.7. The molecular weight excluding hydrogens is 482 g/mol. The summed E-state index contributed by atoms with van der Waals surface area (Å²) in [5.74, 6) is 0.386. The Morgan fingerprint density at radius 1 is 1.09 bits per heavy atom. The number of hydrogen-bond acceptors (Lipinski definition) is 4. The van der Waals surface area contributed by atoms with Gasteiger partial charge in [0.25, 0.3) is 0 Å². The summed E-state index contributed by atoms with van der Waals surface area (Å²) >= 11 is 5.84. The summed E-state index contributed by atoms with van der Waals surface area (Å²) < 4.78 is 6.50. The summed E-state index contributed by atoms with van der Waals surface area (Å²) in [6.07, 6.45) is 16.5. The van der Waals surface area contributed by atoms with Crippen LogP contribution in [-0.4, -0.2) is 35.0 Å². The predicted octanol–water partition coefficient (Wildman–Crippen LogP) is 3.92. The molecule has 8 heteroatoms. The van der Waals surface area contributed by atoms with Crippen molar-refractivity contribution in [3.8, 4) is 0 Å². The minimum Gasteiger partial charge on any atom is -0.852 e. The fraction of sp³-hybridized carbons (Fsp3) is 0.200. The number of ether oxygens (including phenoxy) is 1. The maximum atomic E-state index is 12.4. The summed E-state index contributed by atoms with van der Waals surface area (Å²) in [7, 11) is 0. The Bertz CT molecular complexity index is 826. The van der Waals surface area contributed by atoms with Crippen molar-refractivity contribution >= 4 is 23.3 Å². The van der Waals surface area contributed by atoms with Crippen LogP contribution < -0.4 is 5.11 Å². The number of halogens is 1. The van der Waals surface area contributed by atoms with Gasteiger partial charge in [-0.3, -0.25) is 4.68 Å². The fourth-order valence-corrected chi connectivity index (χ4v) is 3.06. The Hall–Kier alpha value is -1.53. The molecule has 2 aliphatic carbocycles. The molecule has 0 aliphatic heterocycles. The van der Waals surface area contributed by atoms with Gasteiger partial charge in [0, 0.05) is 17.5 Å². The van der Waals surface area contributed by atoms with Crippen LogP contribution in [0, 0.1) is 63.7 Å². The molecule has 2 fully saturated rings. The molecule has 0 bridgehead atoms. The van der Waals surface area contributed by atoms with E-state index in [4.69, 9.17) is 16.3 Å². The topological polar surface area (TPSA) is 81.3 Å². The van der Waals surface area contributed by atoms with Crippen LogP contribution in [0.5, 0.6) is 0 Å². The van der Waals surface area contributed by atoms with Gasteiger partial charge in [-0.1, -0.05) is 23.7 Å². The average molecular weight is 506 g/mol. The fourth-order valence-electron chi connectivity index (χ4n) is 2.94. The van der Waals surface area contributed by atoms with Gasteiger partial charge in [-0.15, -0.1) is 18.3 Å². The van der Waals surface area contributed by atoms with Gasteiger partial charge >= 0.3 is 23.0 Å². The van der Waals surface area contributed by atoms with Crippen LogP contribution in [0.15, 0.2) is 30.3 Å². The van der Waals surface area contributed by atoms with Crippen molar-refractivity contribution < 1.29 is 31.7 Å². The second-order valence-electron chi connectivity index (χ2n) is 6.89. The van der Waals surface area contributed by atoms with Gasteiger partial charge in [0.15, 0.2) is 0 Å². The smallest absolute Gasteiger partial charge is 0.852 e. The van der Waals surface area contributed by atoms with E-state index in [9.17, 15) is 9.90 Å². The first-order chi connectivity index (χ1) is 15.6. The van der Waals surface area contributed by atoms with Crippen LogP contribution in [0.4, 0.5) is 5.69 Å². The third-order valence-corrected chi connectivity index (χ3v) is 4.71. The van der Waals surface area contributed by atoms with Crippen LogP contribution >= 0.6 is 11.6 Å². The Labute approximate surface area is 212 Å². The SMILES string of the molecule is CCOC(=O)c1cc([C]2[CH][CH][CH][CH]2)nn1C[C@H]([O-])C[N-]c1ccc(Cl)cc1.[CH]1[CH][CH][CH][CH]1.[Fe+2]. The molecule has 0 saturated heterocycles. The van der Waals surface area contributed by atoms with E-state index < -0.39 is 12.1 Å². The largest absolute Gasteiger partial charge is 2.00 e. The summed E-state index contributed by atoms with van der Waals surface area (Å²) in [5, 5.41) is 21.7. The monoisotopic (exact) mass is 505 g/mol. The maximum Gasteiger partial charge on any atom is 2.00 e. The van der Waals surface area contributed by atoms with Crippen molar-refractivity contribution in [1.82, 2.24) is 9.78 Å². The van der Waals surface area contributed by atoms with Crippen molar-refractivity contribution in [1.29, 1.82) is 0 Å². The summed E-state index contributed by atoms with van der Waals surface area (Å²) in [5.41, 5.74) is 1.58. The molecular formula is C25H24ClFeN3O3. The molecule has 2 aliphatic rings. The number of carbonyl (C=O) groups excluding carboxylic acids is 1. The number of esters is 1. The molecule has 10 radical (unpaired) electrons. The quantitative estimate of drug-likeness (QED) is 0.402. The zero-order valence-electron chi connectivity index (χ0n) is 18.1. The molecule has 2 saturated carbocycles. The van der Waals surface area contributed by atoms with Gasteiger partial charge in [-0.2, -0.15) is 5.10 Å². The Balaban J connectivity index is 0.000000568. The molecule has 1 aromatic carbocycles. The van der Waals surface area contributed by atoms with E-state index in [1.54, 1.807) is 37.3 Å². The predicted molar refractivity (Wildman–Crippen MR) is 122 cm³/mol. The Morgan fingerprint density at radius 2 is 1.70 bits per heavy atom. The van der Waals surface area contributed by atoms with E-state index in [1.165, 1.54) is 4.68 Å². The third kappa shape index (κ3) is 8.97. The molecule has 1 aromatic heterocycles. The zero-order chi connectivity index (χ0) is 22.8. The molecule has 0 spiro atoms. The number of rotatable bonds is 8. The van der Waals surface area contributed by atoms with E-state index in [-0.39, 0.29) is 42.5 Å². The average Bonchev–Trinajstić information content (AvgIpc) is 3.57. The number of carbonyl (C=O) groups is 1. The van der Waals surface area contributed by atoms with Crippen molar-refractivity contribution in [3.63, 3.8) is 0 Å². The van der Waals surface area contributed by atoms with Gasteiger partial charge in [-0.25, -0.2) is 4.79 Å². The van der Waals surface area contributed by atoms with Crippen molar-refractivity contribution in [2.24, 2.45) is 0 Å². The first-order valence-electron chi connectivity index (χ1n) is 10.3. The van der Waals surface area contributed by atoms with E-state index in [0.29, 0.717) is 16.4 Å². The molecule has 1 heterocycles. The number of aromatic nitrogens is 2. The molecule has 0 amide bonds. The second-order valence-corrected chi connectivity index (χ2v) is 7.33. The summed E-state index contributed by atoms with van der Waals surface area (Å²) in [6.45, 7) is 2.07. The van der Waals surface area contributed by atoms with E-state index in [0.717, 1.165) is 5.92 Å². The van der Waals surface area contributed by atoms with Crippen LogP contribution in [0.25, 0.3) is 5.32 Å². The van der Waals surface area contributed by atoms with Crippen LogP contribution in [0.2, 0.25) is 5.02 Å². The van der Waals surface area contributed by atoms with Crippen LogP contribution in [-0.2, 0) is 28.4 Å². The van der Waals surface area contributed by atoms with Gasteiger partial charge in [0.05, 0.1) is 12.3 Å². The molecule has 33 heavy (non-hydrogen) atoms. The molecule has 0 N–H and O–H groups in total. The van der Waals surface area contributed by atoms with Crippen molar-refractivity contribution in [2.45, 2.75) is 19.6 Å². The number of benzene rings is 1. The second kappa shape index (κ2) is 14.7. The maximum absolute atomic E-state index is 12.4. The van der Waals surface area contributed by atoms with Crippen LogP contribution in [0.3, 0.4) is 0 Å². The summed E-state index contributed by atoms with van der Waals surface area (Å²) in [4.78, 5) is 12.2. The van der Waals surface area contributed by atoms with Gasteiger partial charge in [0.2, 0.25) is 0 Å². The standard InChI is InChI=1S/C20H19ClN3O3.C5H5.Fe/c1-2-27-20(26)19-11-18(14-5-3-4-6-14)23-24(19)13-17(25)12-22-16-9-7-15(21)8-10-16;1-2-4-5-3-1;/h3-11,17H,2,12-13H2,1H3;1-5H;/q-2;;+2/t17-;;/m1../s1. The normalized spacial score (nSPS) is 16.5. The zero-order valence-corrected chi connectivity index (χ0v) is 19.9. The van der Waals surface area contributed by atoms with Crippen LogP contribution in [0.1, 0.15) is 23.1 Å². The van der Waals surface area contributed by atoms with Crippen molar-refractivity contribution in [2.75, 3.05) is 13.2 Å². The first kappa shape index (κ1) is 27.7. The van der Waals surface area contributed by atoms with Gasteiger partial charge in [-0.05, 0) is 82.9 Å². The Morgan fingerprint density at radius 3 is 2.27 bits per heavy atom. The number of nitrogens with zero attached hydrogens (tertiary/aromatic N) is 3.